The van der Waals surface area contributed by atoms with E-state index in [2.05, 4.69) is 26.5 Å². The Labute approximate surface area is 177 Å². The normalized spacial score (nSPS) is 10.7. The molecule has 3 rings (SSSR count). The molecule has 0 radical (unpaired) electrons. The molecular formula is C23H19BrN2O3. The van der Waals surface area contributed by atoms with Gasteiger partial charge in [-0.05, 0) is 66.6 Å². The van der Waals surface area contributed by atoms with Crippen molar-refractivity contribution in [3.05, 3.63) is 99.5 Å². The average Bonchev–Trinajstić information content (AvgIpc) is 2.71. The molecule has 0 aliphatic rings. The zero-order chi connectivity index (χ0) is 20.6. The van der Waals surface area contributed by atoms with E-state index >= 15 is 0 Å². The first kappa shape index (κ1) is 20.5. The van der Waals surface area contributed by atoms with E-state index in [1.165, 1.54) is 6.21 Å². The Kier molecular flexibility index (Phi) is 6.92. The van der Waals surface area contributed by atoms with Crippen molar-refractivity contribution in [2.24, 2.45) is 5.10 Å². The highest BCUT2D eigenvalue weighted by atomic mass is 79.9. The first-order chi connectivity index (χ1) is 14.0. The van der Waals surface area contributed by atoms with Crippen molar-refractivity contribution in [1.82, 2.24) is 5.43 Å². The number of halogens is 1. The van der Waals surface area contributed by atoms with E-state index < -0.39 is 5.97 Å². The van der Waals surface area contributed by atoms with Gasteiger partial charge in [0.2, 0.25) is 5.91 Å². The van der Waals surface area contributed by atoms with E-state index in [0.29, 0.717) is 11.3 Å². The number of benzene rings is 3. The molecule has 0 unspecified atom stereocenters. The highest BCUT2D eigenvalue weighted by Crippen LogP contribution is 2.14. The molecule has 0 fully saturated rings. The highest BCUT2D eigenvalue weighted by molar-refractivity contribution is 9.10. The zero-order valence-corrected chi connectivity index (χ0v) is 17.3. The van der Waals surface area contributed by atoms with Crippen molar-refractivity contribution < 1.29 is 14.3 Å². The van der Waals surface area contributed by atoms with Gasteiger partial charge in [0, 0.05) is 4.47 Å². The van der Waals surface area contributed by atoms with Gasteiger partial charge in [-0.1, -0.05) is 45.8 Å². The van der Waals surface area contributed by atoms with Crippen molar-refractivity contribution in [3.63, 3.8) is 0 Å². The summed E-state index contributed by atoms with van der Waals surface area (Å²) in [6, 6.07) is 21.6. The molecule has 0 spiro atoms. The van der Waals surface area contributed by atoms with Crippen LogP contribution in [0.4, 0.5) is 0 Å². The van der Waals surface area contributed by atoms with Gasteiger partial charge >= 0.3 is 5.97 Å². The molecule has 0 aliphatic heterocycles. The minimum Gasteiger partial charge on any atom is -0.423 e. The molecule has 5 nitrogen and oxygen atoms in total. The van der Waals surface area contributed by atoms with Gasteiger partial charge in [-0.15, -0.1) is 0 Å². The van der Waals surface area contributed by atoms with Crippen LogP contribution in [0.3, 0.4) is 0 Å². The van der Waals surface area contributed by atoms with Gasteiger partial charge in [-0.2, -0.15) is 5.10 Å². The smallest absolute Gasteiger partial charge is 0.343 e. The topological polar surface area (TPSA) is 67.8 Å². The van der Waals surface area contributed by atoms with Crippen LogP contribution < -0.4 is 10.2 Å². The number of nitrogens with zero attached hydrogens (tertiary/aromatic N) is 1. The van der Waals surface area contributed by atoms with Crippen LogP contribution >= 0.6 is 15.9 Å². The monoisotopic (exact) mass is 450 g/mol. The lowest BCUT2D eigenvalue weighted by Crippen LogP contribution is -2.19. The summed E-state index contributed by atoms with van der Waals surface area (Å²) in [4.78, 5) is 24.1. The Morgan fingerprint density at radius 1 is 0.966 bits per heavy atom. The highest BCUT2D eigenvalue weighted by Gasteiger charge is 2.08. The van der Waals surface area contributed by atoms with Crippen LogP contribution in [0.1, 0.15) is 27.0 Å². The van der Waals surface area contributed by atoms with Gasteiger partial charge in [0.1, 0.15) is 5.75 Å². The predicted octanol–water partition coefficient (Wildman–Crippen LogP) is 4.67. The van der Waals surface area contributed by atoms with Crippen molar-refractivity contribution >= 4 is 34.0 Å². The molecule has 0 aromatic heterocycles. The van der Waals surface area contributed by atoms with E-state index in [9.17, 15) is 9.59 Å². The van der Waals surface area contributed by atoms with Gasteiger partial charge in [0.05, 0.1) is 18.2 Å². The Morgan fingerprint density at radius 2 is 1.62 bits per heavy atom. The minimum atomic E-state index is -0.411. The van der Waals surface area contributed by atoms with E-state index in [1.54, 1.807) is 36.4 Å². The third kappa shape index (κ3) is 6.40. The maximum absolute atomic E-state index is 12.1. The maximum atomic E-state index is 12.1. The minimum absolute atomic E-state index is 0.202. The number of hydrogen-bond donors (Lipinski definition) is 1. The first-order valence-corrected chi connectivity index (χ1v) is 9.74. The van der Waals surface area contributed by atoms with E-state index in [0.717, 1.165) is 21.2 Å². The summed E-state index contributed by atoms with van der Waals surface area (Å²) in [6.45, 7) is 1.96. The molecule has 0 atom stereocenters. The quantitative estimate of drug-likeness (QED) is 0.256. The molecule has 3 aromatic rings. The zero-order valence-electron chi connectivity index (χ0n) is 15.8. The SMILES string of the molecule is Cc1ccc(C(=O)Oc2ccc(/C=N/NC(=O)Cc3ccc(Br)cc3)cc2)cc1. The lowest BCUT2D eigenvalue weighted by Gasteiger charge is -2.05. The fourth-order valence-electron chi connectivity index (χ4n) is 2.48. The van der Waals surface area contributed by atoms with Crippen LogP contribution in [-0.2, 0) is 11.2 Å². The summed E-state index contributed by atoms with van der Waals surface area (Å²) in [5.41, 5.74) is 5.74. The van der Waals surface area contributed by atoms with Crippen molar-refractivity contribution in [3.8, 4) is 5.75 Å². The number of carbonyl (C=O) groups excluding carboxylic acids is 2. The maximum Gasteiger partial charge on any atom is 0.343 e. The van der Waals surface area contributed by atoms with Gasteiger partial charge < -0.3 is 4.74 Å². The number of rotatable bonds is 6. The molecule has 0 bridgehead atoms. The number of nitrogens with one attached hydrogen (secondary N) is 1. The fourth-order valence-corrected chi connectivity index (χ4v) is 2.75. The van der Waals surface area contributed by atoms with Crippen LogP contribution in [-0.4, -0.2) is 18.1 Å². The lowest BCUT2D eigenvalue weighted by molar-refractivity contribution is -0.120. The molecule has 0 saturated carbocycles. The molecule has 1 N–H and O–H groups in total. The van der Waals surface area contributed by atoms with E-state index in [4.69, 9.17) is 4.74 Å². The summed E-state index contributed by atoms with van der Waals surface area (Å²) in [7, 11) is 0. The number of hydrogen-bond acceptors (Lipinski definition) is 4. The van der Waals surface area contributed by atoms with Crippen molar-refractivity contribution in [2.45, 2.75) is 13.3 Å². The second kappa shape index (κ2) is 9.80. The summed E-state index contributed by atoms with van der Waals surface area (Å²) >= 11 is 3.36. The first-order valence-electron chi connectivity index (χ1n) is 8.95. The molecule has 0 heterocycles. The Hall–Kier alpha value is -3.25. The number of carbonyl (C=O) groups is 2. The van der Waals surface area contributed by atoms with Gasteiger partial charge in [-0.25, -0.2) is 10.2 Å². The summed E-state index contributed by atoms with van der Waals surface area (Å²) < 4.78 is 6.32. The summed E-state index contributed by atoms with van der Waals surface area (Å²) in [6.07, 6.45) is 1.78. The number of ether oxygens (including phenoxy) is 1. The van der Waals surface area contributed by atoms with E-state index in [-0.39, 0.29) is 12.3 Å². The van der Waals surface area contributed by atoms with Gasteiger partial charge in [-0.3, -0.25) is 4.79 Å². The molecule has 6 heteroatoms. The Bertz CT molecular complexity index is 1010. The molecule has 146 valence electrons. The number of esters is 1. The number of hydrazone groups is 1. The molecule has 0 saturated heterocycles. The largest absolute Gasteiger partial charge is 0.423 e. The van der Waals surface area contributed by atoms with Crippen molar-refractivity contribution in [2.75, 3.05) is 0 Å². The van der Waals surface area contributed by atoms with E-state index in [1.807, 2.05) is 43.3 Å². The predicted molar refractivity (Wildman–Crippen MR) is 116 cm³/mol. The number of amides is 1. The molecule has 3 aromatic carbocycles. The van der Waals surface area contributed by atoms with Crippen LogP contribution in [0.15, 0.2) is 82.4 Å². The Morgan fingerprint density at radius 3 is 2.28 bits per heavy atom. The summed E-state index contributed by atoms with van der Waals surface area (Å²) in [5.74, 6) is -0.175. The van der Waals surface area contributed by atoms with Crippen molar-refractivity contribution in [1.29, 1.82) is 0 Å². The van der Waals surface area contributed by atoms with Crippen LogP contribution in [0.25, 0.3) is 0 Å². The van der Waals surface area contributed by atoms with Crippen LogP contribution in [0.5, 0.6) is 5.75 Å². The third-order valence-electron chi connectivity index (χ3n) is 4.06. The number of aryl methyl sites for hydroxylation is 1. The molecule has 1 amide bonds. The molecular weight excluding hydrogens is 432 g/mol. The van der Waals surface area contributed by atoms with Crippen LogP contribution in [0, 0.1) is 6.92 Å². The van der Waals surface area contributed by atoms with Gasteiger partial charge in [0.15, 0.2) is 0 Å². The fraction of sp³-hybridized carbons (Fsp3) is 0.0870. The Balaban J connectivity index is 1.50. The third-order valence-corrected chi connectivity index (χ3v) is 4.59. The second-order valence-electron chi connectivity index (χ2n) is 6.42. The molecule has 29 heavy (non-hydrogen) atoms. The second-order valence-corrected chi connectivity index (χ2v) is 7.34. The molecule has 0 aliphatic carbocycles. The summed E-state index contributed by atoms with van der Waals surface area (Å²) in [5, 5.41) is 3.96. The average molecular weight is 451 g/mol. The lowest BCUT2D eigenvalue weighted by atomic mass is 10.1. The van der Waals surface area contributed by atoms with Crippen LogP contribution in [0.2, 0.25) is 0 Å². The standard InChI is InChI=1S/C23H19BrN2O3/c1-16-2-8-19(9-3-16)23(28)29-21-12-6-18(7-13-21)15-25-26-22(27)14-17-4-10-20(24)11-5-17/h2-13,15H,14H2,1H3,(H,26,27)/b25-15+. The van der Waals surface area contributed by atoms with Gasteiger partial charge in [0.25, 0.3) is 0 Å².